The van der Waals surface area contributed by atoms with Gasteiger partial charge in [0.05, 0.1) is 5.92 Å². The molecule has 0 unspecified atom stereocenters. The number of fused-ring (bicyclic) bond motifs is 1. The Morgan fingerprint density at radius 1 is 1.18 bits per heavy atom. The molecule has 1 atom stereocenters. The van der Waals surface area contributed by atoms with Gasteiger partial charge < -0.3 is 15.2 Å². The summed E-state index contributed by atoms with van der Waals surface area (Å²) in [6, 6.07) is 15.1. The van der Waals surface area contributed by atoms with Gasteiger partial charge in [0.15, 0.2) is 0 Å². The average Bonchev–Trinajstić information content (AvgIpc) is 3.20. The number of nitrogens with one attached hydrogen (secondary N) is 2. The van der Waals surface area contributed by atoms with Crippen molar-refractivity contribution in [1.82, 2.24) is 15.2 Å². The van der Waals surface area contributed by atoms with Crippen molar-refractivity contribution in [3.8, 4) is 0 Å². The predicted molar refractivity (Wildman–Crippen MR) is 110 cm³/mol. The molecular weight excluding hydrogens is 374 g/mol. The first-order valence-electron chi connectivity index (χ1n) is 9.49. The number of carbonyl (C=O) groups excluding carboxylic acids is 2. The largest absolute Gasteiger partial charge is 0.361 e. The van der Waals surface area contributed by atoms with E-state index >= 15 is 0 Å². The van der Waals surface area contributed by atoms with Gasteiger partial charge in [-0.1, -0.05) is 29.8 Å². The summed E-state index contributed by atoms with van der Waals surface area (Å²) in [5.41, 5.74) is 2.55. The van der Waals surface area contributed by atoms with Crippen molar-refractivity contribution in [3.63, 3.8) is 0 Å². The number of nitrogens with zero attached hydrogens (tertiary/aromatic N) is 1. The molecule has 2 aromatic carbocycles. The molecule has 0 saturated carbocycles. The second-order valence-electron chi connectivity index (χ2n) is 7.18. The van der Waals surface area contributed by atoms with Crippen molar-refractivity contribution in [2.45, 2.75) is 19.4 Å². The lowest BCUT2D eigenvalue weighted by molar-refractivity contribution is -0.126. The molecule has 1 saturated heterocycles. The molecule has 1 aromatic heterocycles. The first-order chi connectivity index (χ1) is 13.6. The predicted octanol–water partition coefficient (Wildman–Crippen LogP) is 3.99. The number of H-pyrrole nitrogens is 1. The summed E-state index contributed by atoms with van der Waals surface area (Å²) in [4.78, 5) is 30.5. The highest BCUT2D eigenvalue weighted by molar-refractivity contribution is 6.31. The summed E-state index contributed by atoms with van der Waals surface area (Å²) >= 11 is 6.15. The van der Waals surface area contributed by atoms with Gasteiger partial charge in [-0.05, 0) is 48.7 Å². The molecule has 28 heavy (non-hydrogen) atoms. The lowest BCUT2D eigenvalue weighted by Crippen LogP contribution is -2.45. The fourth-order valence-electron chi connectivity index (χ4n) is 3.71. The Balaban J connectivity index is 1.39. The molecule has 2 heterocycles. The fraction of sp³-hybridized carbons (Fsp3) is 0.273. The van der Waals surface area contributed by atoms with E-state index in [1.165, 1.54) is 0 Å². The molecule has 1 aliphatic rings. The molecule has 5 nitrogen and oxygen atoms in total. The second-order valence-corrected chi connectivity index (χ2v) is 7.59. The van der Waals surface area contributed by atoms with E-state index in [-0.39, 0.29) is 17.7 Å². The number of likely N-dealkylation sites (tertiary alicyclic amines) is 1. The highest BCUT2D eigenvalue weighted by Crippen LogP contribution is 2.22. The van der Waals surface area contributed by atoms with Gasteiger partial charge in [-0.15, -0.1) is 0 Å². The zero-order valence-corrected chi connectivity index (χ0v) is 16.2. The summed E-state index contributed by atoms with van der Waals surface area (Å²) in [5.74, 6) is -0.249. The van der Waals surface area contributed by atoms with E-state index in [2.05, 4.69) is 10.3 Å². The third-order valence-corrected chi connectivity index (χ3v) is 5.66. The molecule has 0 bridgehead atoms. The third-order valence-electron chi connectivity index (χ3n) is 5.29. The summed E-state index contributed by atoms with van der Waals surface area (Å²) in [6.45, 7) is 1.52. The lowest BCUT2D eigenvalue weighted by Gasteiger charge is -2.32. The highest BCUT2D eigenvalue weighted by Gasteiger charge is 2.29. The van der Waals surface area contributed by atoms with E-state index < -0.39 is 0 Å². The van der Waals surface area contributed by atoms with Gasteiger partial charge in [0.1, 0.15) is 0 Å². The van der Waals surface area contributed by atoms with Crippen molar-refractivity contribution in [2.75, 3.05) is 13.1 Å². The molecule has 1 aliphatic heterocycles. The van der Waals surface area contributed by atoms with Crippen LogP contribution in [0.15, 0.2) is 54.7 Å². The maximum Gasteiger partial charge on any atom is 0.253 e. The molecule has 2 N–H and O–H groups in total. The van der Waals surface area contributed by atoms with Gasteiger partial charge in [-0.25, -0.2) is 0 Å². The van der Waals surface area contributed by atoms with E-state index in [4.69, 9.17) is 11.6 Å². The topological polar surface area (TPSA) is 65.2 Å². The molecule has 3 aromatic rings. The molecule has 144 valence electrons. The van der Waals surface area contributed by atoms with Crippen molar-refractivity contribution in [1.29, 1.82) is 0 Å². The van der Waals surface area contributed by atoms with Crippen LogP contribution < -0.4 is 5.32 Å². The Kier molecular flexibility index (Phi) is 5.35. The summed E-state index contributed by atoms with van der Waals surface area (Å²) in [5, 5.41) is 4.62. The number of halogens is 1. The van der Waals surface area contributed by atoms with Crippen LogP contribution in [-0.4, -0.2) is 34.8 Å². The Labute approximate surface area is 168 Å². The number of hydrogen-bond donors (Lipinski definition) is 2. The van der Waals surface area contributed by atoms with Crippen LogP contribution in [0.3, 0.4) is 0 Å². The van der Waals surface area contributed by atoms with Crippen LogP contribution in [0, 0.1) is 5.92 Å². The van der Waals surface area contributed by atoms with Crippen LogP contribution in [0.5, 0.6) is 0 Å². The second kappa shape index (κ2) is 8.07. The number of aromatic amines is 1. The molecule has 6 heteroatoms. The molecule has 0 radical (unpaired) electrons. The van der Waals surface area contributed by atoms with E-state index in [0.717, 1.165) is 29.3 Å². The number of carbonyl (C=O) groups is 2. The lowest BCUT2D eigenvalue weighted by atomic mass is 9.96. The minimum Gasteiger partial charge on any atom is -0.361 e. The quantitative estimate of drug-likeness (QED) is 0.701. The molecule has 2 amide bonds. The zero-order chi connectivity index (χ0) is 19.5. The van der Waals surface area contributed by atoms with E-state index in [1.807, 2.05) is 54.7 Å². The summed E-state index contributed by atoms with van der Waals surface area (Å²) in [6.07, 6.45) is 3.47. The Morgan fingerprint density at radius 2 is 2.04 bits per heavy atom. The van der Waals surface area contributed by atoms with Crippen molar-refractivity contribution in [2.24, 2.45) is 5.92 Å². The average molecular weight is 396 g/mol. The van der Waals surface area contributed by atoms with Crippen LogP contribution in [0.2, 0.25) is 5.02 Å². The molecule has 1 fully saturated rings. The summed E-state index contributed by atoms with van der Waals surface area (Å²) in [7, 11) is 0. The maximum atomic E-state index is 12.9. The van der Waals surface area contributed by atoms with Crippen molar-refractivity contribution in [3.05, 3.63) is 70.9 Å². The normalized spacial score (nSPS) is 16.9. The standard InChI is InChI=1S/C22H22ClN3O2/c23-19-6-2-1-4-17(19)13-25-21(27)18-5-3-11-26(14-18)22(28)16-7-8-20-15(12-16)9-10-24-20/h1-2,4,6-10,12,18,24H,3,5,11,13-14H2,(H,25,27)/t18-/m0/s1. The highest BCUT2D eigenvalue weighted by atomic mass is 35.5. The van der Waals surface area contributed by atoms with E-state index in [1.54, 1.807) is 4.90 Å². The molecule has 0 aliphatic carbocycles. The number of hydrogen-bond acceptors (Lipinski definition) is 2. The van der Waals surface area contributed by atoms with Gasteiger partial charge in [0, 0.05) is 47.3 Å². The third kappa shape index (κ3) is 3.90. The van der Waals surface area contributed by atoms with Gasteiger partial charge in [0.25, 0.3) is 5.91 Å². The monoisotopic (exact) mass is 395 g/mol. The number of amides is 2. The Morgan fingerprint density at radius 3 is 2.89 bits per heavy atom. The number of rotatable bonds is 4. The van der Waals surface area contributed by atoms with Crippen LogP contribution in [0.4, 0.5) is 0 Å². The fourth-order valence-corrected chi connectivity index (χ4v) is 3.92. The Bertz CT molecular complexity index is 1010. The van der Waals surface area contributed by atoms with E-state index in [9.17, 15) is 9.59 Å². The van der Waals surface area contributed by atoms with E-state index in [0.29, 0.717) is 30.2 Å². The SMILES string of the molecule is O=C(NCc1ccccc1Cl)[C@H]1CCCN(C(=O)c2ccc3[nH]ccc3c2)C1. The van der Waals surface area contributed by atoms with Crippen LogP contribution in [0.1, 0.15) is 28.8 Å². The first-order valence-corrected chi connectivity index (χ1v) is 9.87. The molecule has 4 rings (SSSR count). The van der Waals surface area contributed by atoms with Crippen molar-refractivity contribution >= 4 is 34.3 Å². The van der Waals surface area contributed by atoms with Crippen LogP contribution in [-0.2, 0) is 11.3 Å². The van der Waals surface area contributed by atoms with Gasteiger partial charge in [-0.3, -0.25) is 9.59 Å². The van der Waals surface area contributed by atoms with Crippen LogP contribution in [0.25, 0.3) is 10.9 Å². The van der Waals surface area contributed by atoms with Crippen molar-refractivity contribution < 1.29 is 9.59 Å². The zero-order valence-electron chi connectivity index (χ0n) is 15.5. The van der Waals surface area contributed by atoms with Crippen LogP contribution >= 0.6 is 11.6 Å². The maximum absolute atomic E-state index is 12.9. The molecular formula is C22H22ClN3O2. The van der Waals surface area contributed by atoms with Gasteiger partial charge >= 0.3 is 0 Å². The Hall–Kier alpha value is -2.79. The smallest absolute Gasteiger partial charge is 0.253 e. The summed E-state index contributed by atoms with van der Waals surface area (Å²) < 4.78 is 0. The molecule has 0 spiro atoms. The number of aromatic nitrogens is 1. The number of benzene rings is 2. The van der Waals surface area contributed by atoms with Gasteiger partial charge in [-0.2, -0.15) is 0 Å². The minimum absolute atomic E-state index is 0.0216. The number of piperidine rings is 1. The minimum atomic E-state index is -0.198. The first kappa shape index (κ1) is 18.6. The van der Waals surface area contributed by atoms with Gasteiger partial charge in [0.2, 0.25) is 5.91 Å².